The minimum absolute atomic E-state index is 0.168. The molecule has 0 aliphatic carbocycles. The number of alkyl halides is 4. The van der Waals surface area contributed by atoms with E-state index in [1.807, 2.05) is 0 Å². The van der Waals surface area contributed by atoms with E-state index in [4.69, 9.17) is 0 Å². The fourth-order valence-corrected chi connectivity index (χ4v) is 1.15. The van der Waals surface area contributed by atoms with Crippen molar-refractivity contribution in [3.8, 4) is 0 Å². The molecular weight excluding hydrogens is 245 g/mol. The SMILES string of the molecule is CN(C(=O)C(F)(F)C(F)F)c1ccccc1F. The number of benzene rings is 1. The second-order valence-corrected chi connectivity index (χ2v) is 3.24. The predicted octanol–water partition coefficient (Wildman–Crippen LogP) is 2.69. The maximum atomic E-state index is 13.2. The number of para-hydroxylation sites is 1. The number of carbonyl (C=O) groups excluding carboxylic acids is 1. The molecule has 0 atom stereocenters. The van der Waals surface area contributed by atoms with Crippen LogP contribution in [0.5, 0.6) is 0 Å². The number of nitrogens with zero attached hydrogens (tertiary/aromatic N) is 1. The Morgan fingerprint density at radius 3 is 2.29 bits per heavy atom. The van der Waals surface area contributed by atoms with Gasteiger partial charge in [-0.25, -0.2) is 13.2 Å². The number of hydrogen-bond acceptors (Lipinski definition) is 1. The Labute approximate surface area is 93.6 Å². The summed E-state index contributed by atoms with van der Waals surface area (Å²) in [6.45, 7) is 0. The van der Waals surface area contributed by atoms with Gasteiger partial charge in [-0.15, -0.1) is 0 Å². The lowest BCUT2D eigenvalue weighted by atomic mass is 10.2. The van der Waals surface area contributed by atoms with E-state index in [2.05, 4.69) is 0 Å². The first-order valence-electron chi connectivity index (χ1n) is 4.47. The van der Waals surface area contributed by atoms with E-state index in [1.165, 1.54) is 12.1 Å². The minimum atomic E-state index is -4.84. The van der Waals surface area contributed by atoms with Gasteiger partial charge in [0, 0.05) is 7.05 Å². The normalized spacial score (nSPS) is 11.7. The van der Waals surface area contributed by atoms with Crippen molar-refractivity contribution >= 4 is 11.6 Å². The third kappa shape index (κ3) is 2.54. The van der Waals surface area contributed by atoms with E-state index in [1.54, 1.807) is 0 Å². The van der Waals surface area contributed by atoms with Gasteiger partial charge < -0.3 is 4.90 Å². The van der Waals surface area contributed by atoms with Gasteiger partial charge >= 0.3 is 18.3 Å². The van der Waals surface area contributed by atoms with Gasteiger partial charge in [0.25, 0.3) is 0 Å². The van der Waals surface area contributed by atoms with Crippen molar-refractivity contribution in [2.75, 3.05) is 11.9 Å². The zero-order valence-electron chi connectivity index (χ0n) is 8.63. The monoisotopic (exact) mass is 253 g/mol. The van der Waals surface area contributed by atoms with E-state index in [-0.39, 0.29) is 4.90 Å². The van der Waals surface area contributed by atoms with E-state index in [0.717, 1.165) is 19.2 Å². The molecule has 0 unspecified atom stereocenters. The Morgan fingerprint density at radius 2 is 1.82 bits per heavy atom. The molecule has 0 saturated carbocycles. The van der Waals surface area contributed by atoms with Crippen LogP contribution in [0.25, 0.3) is 0 Å². The van der Waals surface area contributed by atoms with Crippen LogP contribution in [-0.2, 0) is 4.79 Å². The summed E-state index contributed by atoms with van der Waals surface area (Å²) in [6.07, 6.45) is -4.13. The predicted molar refractivity (Wildman–Crippen MR) is 50.8 cm³/mol. The number of rotatable bonds is 3. The Hall–Kier alpha value is -1.66. The molecule has 0 radical (unpaired) electrons. The quantitative estimate of drug-likeness (QED) is 0.758. The maximum absolute atomic E-state index is 13.2. The van der Waals surface area contributed by atoms with Gasteiger partial charge in [-0.3, -0.25) is 4.79 Å². The Bertz CT molecular complexity index is 421. The van der Waals surface area contributed by atoms with Crippen LogP contribution in [0.4, 0.5) is 27.6 Å². The summed E-state index contributed by atoms with van der Waals surface area (Å²) in [5.74, 6) is -7.94. The largest absolute Gasteiger partial charge is 0.384 e. The second-order valence-electron chi connectivity index (χ2n) is 3.24. The zero-order valence-corrected chi connectivity index (χ0v) is 8.63. The summed E-state index contributed by atoms with van der Waals surface area (Å²) in [4.78, 5) is 11.3. The van der Waals surface area contributed by atoms with Crippen molar-refractivity contribution in [2.45, 2.75) is 12.3 Å². The molecular formula is C10H8F5NO. The fourth-order valence-electron chi connectivity index (χ4n) is 1.15. The molecule has 0 heterocycles. The number of amides is 1. The van der Waals surface area contributed by atoms with E-state index < -0.39 is 29.8 Å². The summed E-state index contributed by atoms with van der Waals surface area (Å²) in [7, 11) is 0.803. The average Bonchev–Trinajstić information content (AvgIpc) is 2.27. The Balaban J connectivity index is 3.03. The molecule has 17 heavy (non-hydrogen) atoms. The van der Waals surface area contributed by atoms with Gasteiger partial charge in [0.1, 0.15) is 5.82 Å². The Morgan fingerprint density at radius 1 is 1.29 bits per heavy atom. The highest BCUT2D eigenvalue weighted by atomic mass is 19.3. The van der Waals surface area contributed by atoms with Gasteiger partial charge in [-0.05, 0) is 12.1 Å². The first-order valence-corrected chi connectivity index (χ1v) is 4.47. The topological polar surface area (TPSA) is 20.3 Å². The third-order valence-electron chi connectivity index (χ3n) is 2.08. The summed E-state index contributed by atoms with van der Waals surface area (Å²) in [5, 5.41) is 0. The number of hydrogen-bond donors (Lipinski definition) is 0. The van der Waals surface area contributed by atoms with Crippen molar-refractivity contribution in [2.24, 2.45) is 0 Å². The molecule has 1 rings (SSSR count). The van der Waals surface area contributed by atoms with Crippen molar-refractivity contribution in [3.05, 3.63) is 30.1 Å². The molecule has 94 valence electrons. The second kappa shape index (κ2) is 4.68. The summed E-state index contributed by atoms with van der Waals surface area (Å²) in [5.41, 5.74) is -0.488. The summed E-state index contributed by atoms with van der Waals surface area (Å²) in [6, 6.07) is 4.54. The molecule has 7 heteroatoms. The van der Waals surface area contributed by atoms with Gasteiger partial charge in [0.2, 0.25) is 0 Å². The Kier molecular flexibility index (Phi) is 3.69. The number of anilines is 1. The van der Waals surface area contributed by atoms with Crippen LogP contribution in [0.3, 0.4) is 0 Å². The molecule has 1 aromatic rings. The highest BCUT2D eigenvalue weighted by Crippen LogP contribution is 2.28. The van der Waals surface area contributed by atoms with Crippen molar-refractivity contribution < 1.29 is 26.7 Å². The molecule has 1 aromatic carbocycles. The van der Waals surface area contributed by atoms with Crippen LogP contribution in [0.1, 0.15) is 0 Å². The summed E-state index contributed by atoms with van der Waals surface area (Å²) >= 11 is 0. The minimum Gasteiger partial charge on any atom is -0.307 e. The van der Waals surface area contributed by atoms with E-state index >= 15 is 0 Å². The van der Waals surface area contributed by atoms with Crippen molar-refractivity contribution in [3.63, 3.8) is 0 Å². The third-order valence-corrected chi connectivity index (χ3v) is 2.08. The lowest BCUT2D eigenvalue weighted by Gasteiger charge is -2.23. The zero-order chi connectivity index (χ0) is 13.2. The molecule has 0 aliphatic rings. The van der Waals surface area contributed by atoms with Gasteiger partial charge in [-0.2, -0.15) is 8.78 Å². The van der Waals surface area contributed by atoms with Crippen LogP contribution in [0.15, 0.2) is 24.3 Å². The molecule has 0 fully saturated rings. The number of carbonyl (C=O) groups is 1. The smallest absolute Gasteiger partial charge is 0.307 e. The molecule has 0 spiro atoms. The van der Waals surface area contributed by atoms with E-state index in [0.29, 0.717) is 0 Å². The highest BCUT2D eigenvalue weighted by Gasteiger charge is 2.51. The maximum Gasteiger partial charge on any atom is 0.384 e. The van der Waals surface area contributed by atoms with Crippen LogP contribution in [-0.4, -0.2) is 25.3 Å². The highest BCUT2D eigenvalue weighted by molar-refractivity contribution is 5.98. The lowest BCUT2D eigenvalue weighted by molar-refractivity contribution is -0.166. The fraction of sp³-hybridized carbons (Fsp3) is 0.300. The van der Waals surface area contributed by atoms with Crippen molar-refractivity contribution in [1.82, 2.24) is 0 Å². The van der Waals surface area contributed by atoms with Crippen LogP contribution >= 0.6 is 0 Å². The van der Waals surface area contributed by atoms with E-state index in [9.17, 15) is 26.7 Å². The first-order chi connectivity index (χ1) is 7.78. The standard InChI is InChI=1S/C10H8F5NO/c1-16(7-5-3-2-4-6(7)11)9(17)10(14,15)8(12)13/h2-5,8H,1H3. The molecule has 0 aliphatic heterocycles. The van der Waals surface area contributed by atoms with Crippen LogP contribution < -0.4 is 4.90 Å². The van der Waals surface area contributed by atoms with Crippen LogP contribution in [0, 0.1) is 5.82 Å². The first kappa shape index (κ1) is 13.4. The van der Waals surface area contributed by atoms with Crippen molar-refractivity contribution in [1.29, 1.82) is 0 Å². The summed E-state index contributed by atoms with van der Waals surface area (Å²) < 4.78 is 62.5. The lowest BCUT2D eigenvalue weighted by Crippen LogP contribution is -2.46. The molecule has 0 N–H and O–H groups in total. The molecule has 0 saturated heterocycles. The molecule has 1 amide bonds. The molecule has 0 aromatic heterocycles. The molecule has 0 bridgehead atoms. The number of halogens is 5. The van der Waals surface area contributed by atoms with Crippen LogP contribution in [0.2, 0.25) is 0 Å². The molecule has 2 nitrogen and oxygen atoms in total. The van der Waals surface area contributed by atoms with Gasteiger partial charge in [-0.1, -0.05) is 12.1 Å². The van der Waals surface area contributed by atoms with Gasteiger partial charge in [0.15, 0.2) is 0 Å². The average molecular weight is 253 g/mol. The van der Waals surface area contributed by atoms with Gasteiger partial charge in [0.05, 0.1) is 5.69 Å².